The molecule has 5 rings (SSSR count). The van der Waals surface area contributed by atoms with E-state index in [4.69, 9.17) is 9.47 Å². The van der Waals surface area contributed by atoms with Crippen LogP contribution in [0.25, 0.3) is 0 Å². The van der Waals surface area contributed by atoms with Crippen molar-refractivity contribution in [2.45, 2.75) is 75.8 Å². The minimum Gasteiger partial charge on any atom is -0.511 e. The standard InChI is InChI=1S/C30H37NO10/c1-14(33)12-31-17-7-5-15(6-8-17)9-16-10-19-23(20(34)11-16)27(37)24-18(25(19)35)3-2-4-21(24)40-30-29(39)28(38)26(36)22(13-32)41-30/h2-4,10-11,15,17,19,22-23,26,28-32,34,36,38-39H,5-9,12-13H2,1H3. The number of hydrogen-bond acceptors (Lipinski definition) is 11. The maximum Gasteiger partial charge on any atom is 0.229 e. The molecule has 7 atom stereocenters. The third-order valence-corrected chi connectivity index (χ3v) is 8.63. The molecule has 0 amide bonds. The van der Waals surface area contributed by atoms with Gasteiger partial charge in [0.15, 0.2) is 11.6 Å². The highest BCUT2D eigenvalue weighted by Gasteiger charge is 2.48. The molecule has 0 spiro atoms. The minimum atomic E-state index is -1.70. The molecule has 3 aliphatic carbocycles. The average Bonchev–Trinajstić information content (AvgIpc) is 2.95. The van der Waals surface area contributed by atoms with E-state index in [1.165, 1.54) is 18.2 Å². The van der Waals surface area contributed by atoms with Crippen molar-refractivity contribution in [1.82, 2.24) is 5.32 Å². The highest BCUT2D eigenvalue weighted by molar-refractivity contribution is 6.19. The van der Waals surface area contributed by atoms with Crippen LogP contribution in [0.1, 0.15) is 59.7 Å². The van der Waals surface area contributed by atoms with Gasteiger partial charge in [0.2, 0.25) is 6.29 Å². The van der Waals surface area contributed by atoms with Crippen LogP contribution in [0.4, 0.5) is 0 Å². The van der Waals surface area contributed by atoms with Gasteiger partial charge in [-0.1, -0.05) is 18.2 Å². The number of ether oxygens (including phenoxy) is 2. The fourth-order valence-corrected chi connectivity index (χ4v) is 6.40. The van der Waals surface area contributed by atoms with Crippen molar-refractivity contribution in [3.63, 3.8) is 0 Å². The molecule has 4 aliphatic rings. The Balaban J connectivity index is 1.32. The molecule has 1 heterocycles. The molecular weight excluding hydrogens is 534 g/mol. The van der Waals surface area contributed by atoms with E-state index in [0.717, 1.165) is 31.3 Å². The van der Waals surface area contributed by atoms with Gasteiger partial charge < -0.3 is 40.3 Å². The third-order valence-electron chi connectivity index (χ3n) is 8.63. The Bertz CT molecular complexity index is 1250. The van der Waals surface area contributed by atoms with E-state index in [1.54, 1.807) is 19.1 Å². The molecule has 41 heavy (non-hydrogen) atoms. The van der Waals surface area contributed by atoms with Crippen LogP contribution >= 0.6 is 0 Å². The molecule has 1 saturated carbocycles. The molecule has 6 N–H and O–H groups in total. The second-order valence-corrected chi connectivity index (χ2v) is 11.5. The summed E-state index contributed by atoms with van der Waals surface area (Å²) in [5.74, 6) is -2.68. The van der Waals surface area contributed by atoms with Crippen LogP contribution in [0.5, 0.6) is 5.75 Å². The van der Waals surface area contributed by atoms with Gasteiger partial charge in [-0.2, -0.15) is 0 Å². The van der Waals surface area contributed by atoms with Crippen LogP contribution in [0, 0.1) is 17.8 Å². The van der Waals surface area contributed by atoms with Gasteiger partial charge in [-0.3, -0.25) is 14.4 Å². The lowest BCUT2D eigenvalue weighted by atomic mass is 9.69. The number of carbonyl (C=O) groups excluding carboxylic acids is 3. The van der Waals surface area contributed by atoms with Crippen molar-refractivity contribution >= 4 is 17.3 Å². The van der Waals surface area contributed by atoms with Gasteiger partial charge in [0.25, 0.3) is 0 Å². The van der Waals surface area contributed by atoms with E-state index in [0.29, 0.717) is 24.9 Å². The molecular formula is C30H37NO10. The van der Waals surface area contributed by atoms with Crippen molar-refractivity contribution in [3.05, 3.63) is 52.8 Å². The van der Waals surface area contributed by atoms with Gasteiger partial charge in [-0.25, -0.2) is 0 Å². The first kappa shape index (κ1) is 29.6. The predicted molar refractivity (Wildman–Crippen MR) is 144 cm³/mol. The fraction of sp³-hybridized carbons (Fsp3) is 0.567. The Labute approximate surface area is 237 Å². The number of fused-ring (bicyclic) bond motifs is 2. The highest BCUT2D eigenvalue weighted by atomic mass is 16.7. The zero-order valence-corrected chi connectivity index (χ0v) is 22.8. The van der Waals surface area contributed by atoms with E-state index in [2.05, 4.69) is 5.32 Å². The van der Waals surface area contributed by atoms with Crippen molar-refractivity contribution in [2.24, 2.45) is 17.8 Å². The van der Waals surface area contributed by atoms with E-state index in [-0.39, 0.29) is 34.2 Å². The van der Waals surface area contributed by atoms with Crippen LogP contribution in [-0.4, -0.2) is 92.8 Å². The summed E-state index contributed by atoms with van der Waals surface area (Å²) >= 11 is 0. The maximum absolute atomic E-state index is 13.7. The quantitative estimate of drug-likeness (QED) is 0.262. The molecule has 222 valence electrons. The number of rotatable bonds is 8. The molecule has 11 nitrogen and oxygen atoms in total. The number of nitrogens with one attached hydrogen (secondary N) is 1. The number of ketones is 3. The molecule has 0 aromatic heterocycles. The first-order chi connectivity index (χ1) is 19.6. The van der Waals surface area contributed by atoms with Gasteiger partial charge in [0, 0.05) is 11.6 Å². The van der Waals surface area contributed by atoms with Crippen LogP contribution in [0.15, 0.2) is 41.7 Å². The van der Waals surface area contributed by atoms with E-state index >= 15 is 0 Å². The molecule has 1 saturated heterocycles. The Hall–Kier alpha value is -2.93. The van der Waals surface area contributed by atoms with Crippen molar-refractivity contribution in [2.75, 3.05) is 13.2 Å². The second kappa shape index (κ2) is 12.1. The molecule has 1 aliphatic heterocycles. The van der Waals surface area contributed by atoms with Gasteiger partial charge >= 0.3 is 0 Å². The van der Waals surface area contributed by atoms with E-state index in [9.17, 15) is 39.9 Å². The molecule has 7 unspecified atom stereocenters. The molecule has 11 heteroatoms. The molecule has 0 bridgehead atoms. The Morgan fingerprint density at radius 2 is 1.78 bits per heavy atom. The van der Waals surface area contributed by atoms with Crippen LogP contribution in [-0.2, 0) is 9.53 Å². The first-order valence-electron chi connectivity index (χ1n) is 14.1. The number of aliphatic hydroxyl groups is 5. The summed E-state index contributed by atoms with van der Waals surface area (Å²) in [5.41, 5.74) is 0.854. The van der Waals surface area contributed by atoms with Crippen LogP contribution in [0.2, 0.25) is 0 Å². The Morgan fingerprint density at radius 1 is 1.05 bits per heavy atom. The van der Waals surface area contributed by atoms with Crippen LogP contribution in [0.3, 0.4) is 0 Å². The number of carbonyl (C=O) groups is 3. The zero-order valence-electron chi connectivity index (χ0n) is 22.8. The van der Waals surface area contributed by atoms with Crippen molar-refractivity contribution in [1.29, 1.82) is 0 Å². The molecule has 2 fully saturated rings. The van der Waals surface area contributed by atoms with Crippen LogP contribution < -0.4 is 10.1 Å². The Kier molecular flexibility index (Phi) is 8.74. The summed E-state index contributed by atoms with van der Waals surface area (Å²) in [6, 6.07) is 4.74. The number of benzene rings is 1. The van der Waals surface area contributed by atoms with Gasteiger partial charge in [-0.05, 0) is 62.7 Å². The number of allylic oxidation sites excluding steroid dienone is 4. The van der Waals surface area contributed by atoms with Crippen molar-refractivity contribution in [3.8, 4) is 5.75 Å². The second-order valence-electron chi connectivity index (χ2n) is 11.5. The number of Topliss-reactive ketones (excluding diaryl/α,β-unsaturated/α-hetero) is 3. The Morgan fingerprint density at radius 3 is 2.46 bits per heavy atom. The van der Waals surface area contributed by atoms with E-state index in [1.807, 2.05) is 0 Å². The number of aliphatic hydroxyl groups excluding tert-OH is 5. The summed E-state index contributed by atoms with van der Waals surface area (Å²) in [5, 5.41) is 54.3. The third kappa shape index (κ3) is 5.88. The summed E-state index contributed by atoms with van der Waals surface area (Å²) in [6.07, 6.45) is 0.100. The topological polar surface area (TPSA) is 183 Å². The monoisotopic (exact) mass is 571 g/mol. The van der Waals surface area contributed by atoms with Gasteiger partial charge in [0.05, 0.1) is 30.6 Å². The van der Waals surface area contributed by atoms with Gasteiger partial charge in [-0.15, -0.1) is 0 Å². The summed E-state index contributed by atoms with van der Waals surface area (Å²) in [7, 11) is 0. The lowest BCUT2D eigenvalue weighted by molar-refractivity contribution is -0.277. The maximum atomic E-state index is 13.7. The fourth-order valence-electron chi connectivity index (χ4n) is 6.40. The first-order valence-corrected chi connectivity index (χ1v) is 14.1. The zero-order chi connectivity index (χ0) is 29.4. The summed E-state index contributed by atoms with van der Waals surface area (Å²) in [4.78, 5) is 38.6. The van der Waals surface area contributed by atoms with Crippen molar-refractivity contribution < 1.29 is 49.4 Å². The largest absolute Gasteiger partial charge is 0.511 e. The normalized spacial score (nSPS) is 35.2. The SMILES string of the molecule is CC(=O)CNC1CCC(CC2=CC3C(=O)c4cccc(OC5OC(CO)C(O)C(O)C5O)c4C(=O)C3C(O)=C2)CC1. The van der Waals surface area contributed by atoms with E-state index < -0.39 is 54.9 Å². The minimum absolute atomic E-state index is 0.0658. The number of hydrogen-bond donors (Lipinski definition) is 6. The predicted octanol–water partition coefficient (Wildman–Crippen LogP) is 0.986. The highest BCUT2D eigenvalue weighted by Crippen LogP contribution is 2.43. The lowest BCUT2D eigenvalue weighted by Crippen LogP contribution is -2.60. The molecule has 1 aromatic rings. The summed E-state index contributed by atoms with van der Waals surface area (Å²) < 4.78 is 11.2. The molecule has 1 aromatic carbocycles. The molecule has 0 radical (unpaired) electrons. The summed E-state index contributed by atoms with van der Waals surface area (Å²) in [6.45, 7) is 1.28. The average molecular weight is 572 g/mol. The smallest absolute Gasteiger partial charge is 0.229 e. The lowest BCUT2D eigenvalue weighted by Gasteiger charge is -2.40. The van der Waals surface area contributed by atoms with Gasteiger partial charge in [0.1, 0.15) is 41.7 Å².